The zero-order valence-corrected chi connectivity index (χ0v) is 13.2. The van der Waals surface area contributed by atoms with Gasteiger partial charge in [-0.1, -0.05) is 0 Å². The second kappa shape index (κ2) is 6.31. The average molecular weight is 313 g/mol. The smallest absolute Gasteiger partial charge is 0.350 e. The highest BCUT2D eigenvalue weighted by atomic mass is 32.1. The number of methoxy groups -OCH3 is 2. The number of hydrogen-bond donors (Lipinski definition) is 1. The van der Waals surface area contributed by atoms with Gasteiger partial charge < -0.3 is 25.0 Å². The molecule has 0 atom stereocenters. The quantitative estimate of drug-likeness (QED) is 0.820. The number of likely N-dealkylation sites (N-methyl/N-ethyl adjacent to an activating group) is 1. The Morgan fingerprint density at radius 2 is 1.67 bits per heavy atom. The summed E-state index contributed by atoms with van der Waals surface area (Å²) in [5, 5.41) is 0.674. The van der Waals surface area contributed by atoms with Crippen LogP contribution >= 0.6 is 11.3 Å². The lowest BCUT2D eigenvalue weighted by Crippen LogP contribution is -2.44. The van der Waals surface area contributed by atoms with Gasteiger partial charge in [-0.3, -0.25) is 0 Å². The van der Waals surface area contributed by atoms with Crippen LogP contribution in [-0.4, -0.2) is 64.3 Å². The number of hydrogen-bond acceptors (Lipinski definition) is 8. The normalized spacial score (nSPS) is 15.9. The number of anilines is 2. The second-order valence-corrected chi connectivity index (χ2v) is 5.80. The van der Waals surface area contributed by atoms with E-state index in [1.54, 1.807) is 0 Å². The summed E-state index contributed by atoms with van der Waals surface area (Å²) in [6.07, 6.45) is 0. The fraction of sp³-hybridized carbons (Fsp3) is 0.538. The summed E-state index contributed by atoms with van der Waals surface area (Å²) in [5.74, 6) is -1.07. The molecule has 0 saturated carbocycles. The number of rotatable bonds is 3. The second-order valence-electron chi connectivity index (χ2n) is 4.80. The summed E-state index contributed by atoms with van der Waals surface area (Å²) in [6.45, 7) is 3.29. The first kappa shape index (κ1) is 15.6. The first-order chi connectivity index (χ1) is 9.99. The molecule has 1 aliphatic heterocycles. The van der Waals surface area contributed by atoms with E-state index in [-0.39, 0.29) is 16.1 Å². The van der Waals surface area contributed by atoms with E-state index in [4.69, 9.17) is 15.2 Å². The third-order valence-electron chi connectivity index (χ3n) is 3.48. The average Bonchev–Trinajstić information content (AvgIpc) is 2.84. The van der Waals surface area contributed by atoms with E-state index in [0.29, 0.717) is 5.00 Å². The Bertz CT molecular complexity index is 550. The molecule has 1 saturated heterocycles. The molecule has 8 heteroatoms. The molecule has 0 spiro atoms. The number of carbonyl (C=O) groups excluding carboxylic acids is 2. The SMILES string of the molecule is COC(=O)c1sc(N2CCN(C)CC2)c(C(=O)OC)c1N. The van der Waals surface area contributed by atoms with Crippen molar-refractivity contribution in [2.45, 2.75) is 0 Å². The van der Waals surface area contributed by atoms with Crippen LogP contribution in [0.2, 0.25) is 0 Å². The van der Waals surface area contributed by atoms with Crippen molar-refractivity contribution in [2.75, 3.05) is 58.1 Å². The van der Waals surface area contributed by atoms with Crippen LogP contribution in [0, 0.1) is 0 Å². The summed E-state index contributed by atoms with van der Waals surface area (Å²) < 4.78 is 9.51. The largest absolute Gasteiger partial charge is 0.465 e. The fourth-order valence-corrected chi connectivity index (χ4v) is 3.39. The first-order valence-corrected chi connectivity index (χ1v) is 7.33. The van der Waals surface area contributed by atoms with Gasteiger partial charge in [0.2, 0.25) is 0 Å². The number of nitrogen functional groups attached to an aromatic ring is 1. The maximum atomic E-state index is 12.0. The Morgan fingerprint density at radius 3 is 2.19 bits per heavy atom. The topological polar surface area (TPSA) is 85.1 Å². The van der Waals surface area contributed by atoms with E-state index in [9.17, 15) is 9.59 Å². The molecule has 2 heterocycles. The molecule has 0 bridgehead atoms. The van der Waals surface area contributed by atoms with Gasteiger partial charge in [0.25, 0.3) is 0 Å². The van der Waals surface area contributed by atoms with Crippen molar-refractivity contribution < 1.29 is 19.1 Å². The van der Waals surface area contributed by atoms with Crippen molar-refractivity contribution in [2.24, 2.45) is 0 Å². The Morgan fingerprint density at radius 1 is 1.10 bits per heavy atom. The predicted octanol–water partition coefficient (Wildman–Crippen LogP) is 0.655. The molecule has 0 aliphatic carbocycles. The molecule has 2 N–H and O–H groups in total. The first-order valence-electron chi connectivity index (χ1n) is 6.52. The van der Waals surface area contributed by atoms with E-state index in [0.717, 1.165) is 26.2 Å². The molecule has 0 aromatic carbocycles. The Labute approximate surface area is 127 Å². The van der Waals surface area contributed by atoms with Crippen LogP contribution in [0.4, 0.5) is 10.7 Å². The molecule has 1 fully saturated rings. The monoisotopic (exact) mass is 313 g/mol. The lowest BCUT2D eigenvalue weighted by Gasteiger charge is -2.33. The molecule has 0 radical (unpaired) electrons. The summed E-state index contributed by atoms with van der Waals surface area (Å²) in [6, 6.07) is 0. The van der Waals surface area contributed by atoms with Crippen molar-refractivity contribution in [1.29, 1.82) is 0 Å². The van der Waals surface area contributed by atoms with Crippen molar-refractivity contribution >= 4 is 34.0 Å². The van der Waals surface area contributed by atoms with Crippen LogP contribution in [0.1, 0.15) is 20.0 Å². The number of esters is 2. The predicted molar refractivity (Wildman–Crippen MR) is 81.1 cm³/mol. The summed E-state index contributed by atoms with van der Waals surface area (Å²) in [4.78, 5) is 28.3. The van der Waals surface area contributed by atoms with Crippen LogP contribution in [0.5, 0.6) is 0 Å². The van der Waals surface area contributed by atoms with E-state index in [1.807, 2.05) is 7.05 Å². The molecule has 1 aromatic rings. The fourth-order valence-electron chi connectivity index (χ4n) is 2.21. The third-order valence-corrected chi connectivity index (χ3v) is 4.72. The Hall–Kier alpha value is -1.80. The van der Waals surface area contributed by atoms with E-state index in [1.165, 1.54) is 25.6 Å². The Balaban J connectivity index is 2.43. The van der Waals surface area contributed by atoms with Crippen LogP contribution in [0.3, 0.4) is 0 Å². The molecule has 1 aromatic heterocycles. The van der Waals surface area contributed by atoms with Gasteiger partial charge in [-0.05, 0) is 7.05 Å². The van der Waals surface area contributed by atoms with Crippen molar-refractivity contribution in [3.05, 3.63) is 10.4 Å². The van der Waals surface area contributed by atoms with E-state index < -0.39 is 11.9 Å². The molecule has 1 aliphatic rings. The summed E-state index contributed by atoms with van der Waals surface area (Å²) in [7, 11) is 4.63. The van der Waals surface area contributed by atoms with Crippen LogP contribution in [0.25, 0.3) is 0 Å². The number of ether oxygens (including phenoxy) is 2. The van der Waals surface area contributed by atoms with Gasteiger partial charge in [0.15, 0.2) is 0 Å². The molecular weight excluding hydrogens is 294 g/mol. The molecule has 7 nitrogen and oxygen atoms in total. The van der Waals surface area contributed by atoms with Crippen molar-refractivity contribution in [1.82, 2.24) is 4.90 Å². The van der Waals surface area contributed by atoms with Gasteiger partial charge in [-0.2, -0.15) is 0 Å². The minimum absolute atomic E-state index is 0.132. The lowest BCUT2D eigenvalue weighted by molar-refractivity contribution is 0.0602. The van der Waals surface area contributed by atoms with Crippen LogP contribution in [-0.2, 0) is 9.47 Å². The van der Waals surface area contributed by atoms with Gasteiger partial charge in [-0.25, -0.2) is 9.59 Å². The minimum Gasteiger partial charge on any atom is -0.465 e. The van der Waals surface area contributed by atoms with Crippen LogP contribution in [0.15, 0.2) is 0 Å². The zero-order valence-electron chi connectivity index (χ0n) is 12.3. The Kier molecular flexibility index (Phi) is 4.69. The van der Waals surface area contributed by atoms with Crippen molar-refractivity contribution in [3.63, 3.8) is 0 Å². The minimum atomic E-state index is -0.539. The highest BCUT2D eigenvalue weighted by molar-refractivity contribution is 7.19. The number of piperazine rings is 1. The summed E-state index contributed by atoms with van der Waals surface area (Å²) >= 11 is 1.18. The van der Waals surface area contributed by atoms with Crippen LogP contribution < -0.4 is 10.6 Å². The molecule has 116 valence electrons. The van der Waals surface area contributed by atoms with Gasteiger partial charge in [-0.15, -0.1) is 11.3 Å². The van der Waals surface area contributed by atoms with E-state index in [2.05, 4.69) is 9.80 Å². The number of thiophene rings is 1. The maximum absolute atomic E-state index is 12.0. The zero-order chi connectivity index (χ0) is 15.6. The van der Waals surface area contributed by atoms with Gasteiger partial charge in [0.05, 0.1) is 19.9 Å². The molecule has 2 rings (SSSR count). The van der Waals surface area contributed by atoms with E-state index >= 15 is 0 Å². The lowest BCUT2D eigenvalue weighted by atomic mass is 10.2. The maximum Gasteiger partial charge on any atom is 0.350 e. The van der Waals surface area contributed by atoms with Gasteiger partial charge in [0, 0.05) is 26.2 Å². The molecule has 0 amide bonds. The van der Waals surface area contributed by atoms with Crippen molar-refractivity contribution in [3.8, 4) is 0 Å². The molecular formula is C13H19N3O4S. The highest BCUT2D eigenvalue weighted by Gasteiger charge is 2.30. The molecule has 0 unspecified atom stereocenters. The number of carbonyl (C=O) groups is 2. The third kappa shape index (κ3) is 2.96. The number of nitrogens with two attached hydrogens (primary N) is 1. The number of nitrogens with zero attached hydrogens (tertiary/aromatic N) is 2. The van der Waals surface area contributed by atoms with Gasteiger partial charge >= 0.3 is 11.9 Å². The summed E-state index contributed by atoms with van der Waals surface area (Å²) in [5.41, 5.74) is 6.35. The van der Waals surface area contributed by atoms with Gasteiger partial charge in [0.1, 0.15) is 15.4 Å². The standard InChI is InChI=1S/C13H19N3O4S/c1-15-4-6-16(7-5-15)11-8(12(17)19-2)9(14)10(21-11)13(18)20-3/h4-7,14H2,1-3H3. The highest BCUT2D eigenvalue weighted by Crippen LogP contribution is 2.39. The molecule has 21 heavy (non-hydrogen) atoms.